The topological polar surface area (TPSA) is 272 Å². The highest BCUT2D eigenvalue weighted by molar-refractivity contribution is 6.48. The third-order valence-electron chi connectivity index (χ3n) is 6.13. The number of nitrogens with one attached hydrogen (secondary N) is 4. The van der Waals surface area contributed by atoms with Crippen LogP contribution in [0.15, 0.2) is 30.3 Å². The summed E-state index contributed by atoms with van der Waals surface area (Å²) in [5.41, 5.74) is 0.593. The Balaban J connectivity index is 3.13. The minimum atomic E-state index is -1.82. The van der Waals surface area contributed by atoms with Gasteiger partial charge in [-0.3, -0.25) is 38.4 Å². The van der Waals surface area contributed by atoms with E-state index in [-0.39, 0.29) is 6.61 Å². The number of carbonyl (C=O) groups excluding carboxylic acids is 6. The van der Waals surface area contributed by atoms with Crippen LogP contribution in [0.4, 0.5) is 4.79 Å². The Morgan fingerprint density at radius 2 is 1.26 bits per heavy atom. The molecule has 1 rings (SSSR count). The first-order valence-electron chi connectivity index (χ1n) is 13.7. The molecule has 17 nitrogen and oxygen atoms in total. The van der Waals surface area contributed by atoms with Gasteiger partial charge >= 0.3 is 24.0 Å². The van der Waals surface area contributed by atoms with Gasteiger partial charge in [-0.05, 0) is 17.9 Å². The number of ether oxygens (including phenoxy) is 1. The summed E-state index contributed by atoms with van der Waals surface area (Å²) in [5.74, 6) is -11.7. The number of hydrogen-bond acceptors (Lipinski definition) is 10. The standard InChI is InChI=1S/C28H35ClN4O13/c1-14(2)23(27(44)31-17(10-21(37)38)24(41)19(34)12-29)33-25(42)16(8-9-20(35)36)30-26(43)18(11-22(39)40)32-28(45)46-13-15-6-4-3-5-7-15/h3-7,14,16-18,23H,8-13H2,1-2H3,(H,30,43)(H,31,44)(H,32,45)(H,33,42)(H,35,36)(H,37,38)(H,39,40)/t16-,17-,18-,23-/m0/s1. The number of alkyl halides is 1. The average molecular weight is 671 g/mol. The zero-order chi connectivity index (χ0) is 35.0. The van der Waals surface area contributed by atoms with E-state index in [4.69, 9.17) is 26.6 Å². The molecule has 0 spiro atoms. The van der Waals surface area contributed by atoms with E-state index in [2.05, 4.69) is 21.3 Å². The highest BCUT2D eigenvalue weighted by atomic mass is 35.5. The summed E-state index contributed by atoms with van der Waals surface area (Å²) < 4.78 is 5.01. The highest BCUT2D eigenvalue weighted by Crippen LogP contribution is 2.09. The van der Waals surface area contributed by atoms with Crippen LogP contribution < -0.4 is 21.3 Å². The van der Waals surface area contributed by atoms with Crippen LogP contribution in [0.2, 0.25) is 0 Å². The summed E-state index contributed by atoms with van der Waals surface area (Å²) in [7, 11) is 0. The number of rotatable bonds is 20. The van der Waals surface area contributed by atoms with Gasteiger partial charge < -0.3 is 41.3 Å². The van der Waals surface area contributed by atoms with E-state index in [1.165, 1.54) is 13.8 Å². The molecule has 0 unspecified atom stereocenters. The molecule has 0 saturated heterocycles. The number of aliphatic carboxylic acids is 3. The van der Waals surface area contributed by atoms with E-state index in [0.717, 1.165) is 0 Å². The van der Waals surface area contributed by atoms with Gasteiger partial charge in [0, 0.05) is 6.42 Å². The van der Waals surface area contributed by atoms with Crippen LogP contribution >= 0.6 is 11.6 Å². The van der Waals surface area contributed by atoms with E-state index < -0.39 is 115 Å². The Bertz CT molecular complexity index is 1310. The largest absolute Gasteiger partial charge is 0.481 e. The zero-order valence-corrected chi connectivity index (χ0v) is 25.6. The molecule has 7 N–H and O–H groups in total. The number of carboxylic acid groups (broad SMARTS) is 3. The molecule has 0 aliphatic rings. The SMILES string of the molecule is CC(C)[C@H](NC(=O)[C@H](CCC(=O)O)NC(=O)[C@H](CC(=O)O)NC(=O)OCc1ccccc1)C(=O)N[C@@H](CC(=O)O)C(=O)C(=O)CCl. The van der Waals surface area contributed by atoms with E-state index >= 15 is 0 Å². The number of Topliss-reactive ketones (excluding diaryl/α,β-unsaturated/α-hetero) is 2. The fourth-order valence-corrected chi connectivity index (χ4v) is 3.93. The van der Waals surface area contributed by atoms with Crippen molar-refractivity contribution in [3.05, 3.63) is 35.9 Å². The maximum atomic E-state index is 13.2. The monoisotopic (exact) mass is 670 g/mol. The second-order valence-corrected chi connectivity index (χ2v) is 10.4. The zero-order valence-electron chi connectivity index (χ0n) is 24.8. The summed E-state index contributed by atoms with van der Waals surface area (Å²) in [6, 6.07) is 1.63. The second-order valence-electron chi connectivity index (χ2n) is 10.2. The number of carboxylic acids is 3. The van der Waals surface area contributed by atoms with Gasteiger partial charge in [-0.2, -0.15) is 0 Å². The second kappa shape index (κ2) is 19.4. The molecule has 0 aromatic heterocycles. The Labute approximate surface area is 267 Å². The Morgan fingerprint density at radius 1 is 0.717 bits per heavy atom. The molecule has 46 heavy (non-hydrogen) atoms. The van der Waals surface area contributed by atoms with Crippen LogP contribution in [-0.2, 0) is 49.7 Å². The third kappa shape index (κ3) is 14.1. The number of alkyl carbamates (subject to hydrolysis) is 1. The first-order valence-corrected chi connectivity index (χ1v) is 14.3. The molecule has 0 heterocycles. The molecule has 0 bridgehead atoms. The predicted molar refractivity (Wildman–Crippen MR) is 156 cm³/mol. The molecule has 0 radical (unpaired) electrons. The van der Waals surface area contributed by atoms with Crippen molar-refractivity contribution >= 4 is 64.9 Å². The molecule has 1 aromatic carbocycles. The lowest BCUT2D eigenvalue weighted by atomic mass is 10.00. The number of halogens is 1. The van der Waals surface area contributed by atoms with Crippen molar-refractivity contribution in [2.75, 3.05) is 5.88 Å². The fraction of sp³-hybridized carbons (Fsp3) is 0.464. The Morgan fingerprint density at radius 3 is 1.78 bits per heavy atom. The Hall–Kier alpha value is -5.06. The molecule has 0 fully saturated rings. The molecule has 4 atom stereocenters. The van der Waals surface area contributed by atoms with Crippen LogP contribution in [0, 0.1) is 5.92 Å². The number of hydrogen-bond donors (Lipinski definition) is 7. The summed E-state index contributed by atoms with van der Waals surface area (Å²) in [5, 5.41) is 36.2. The average Bonchev–Trinajstić information content (AvgIpc) is 2.98. The number of carbonyl (C=O) groups is 9. The molecule has 0 aliphatic carbocycles. The number of amides is 4. The van der Waals surface area contributed by atoms with Crippen molar-refractivity contribution in [2.45, 2.75) is 70.3 Å². The van der Waals surface area contributed by atoms with Gasteiger partial charge in [0.25, 0.3) is 0 Å². The summed E-state index contributed by atoms with van der Waals surface area (Å²) >= 11 is 5.37. The number of ketones is 2. The van der Waals surface area contributed by atoms with Gasteiger partial charge in [0.05, 0.1) is 18.7 Å². The molecular weight excluding hydrogens is 636 g/mol. The van der Waals surface area contributed by atoms with Crippen molar-refractivity contribution < 1.29 is 63.2 Å². The molecule has 0 aliphatic heterocycles. The summed E-state index contributed by atoms with van der Waals surface area (Å²) in [6.45, 7) is 2.71. The van der Waals surface area contributed by atoms with Crippen LogP contribution in [0.25, 0.3) is 0 Å². The maximum absolute atomic E-state index is 13.2. The predicted octanol–water partition coefficient (Wildman–Crippen LogP) is -0.417. The van der Waals surface area contributed by atoms with Gasteiger partial charge in [-0.25, -0.2) is 4.79 Å². The lowest BCUT2D eigenvalue weighted by Crippen LogP contribution is -2.59. The molecule has 252 valence electrons. The first-order chi connectivity index (χ1) is 21.5. The highest BCUT2D eigenvalue weighted by Gasteiger charge is 2.35. The van der Waals surface area contributed by atoms with Crippen LogP contribution in [0.5, 0.6) is 0 Å². The van der Waals surface area contributed by atoms with Crippen LogP contribution in [-0.4, -0.2) is 98.7 Å². The van der Waals surface area contributed by atoms with Gasteiger partial charge in [0.15, 0.2) is 0 Å². The minimum Gasteiger partial charge on any atom is -0.481 e. The van der Waals surface area contributed by atoms with Crippen molar-refractivity contribution in [3.8, 4) is 0 Å². The van der Waals surface area contributed by atoms with Gasteiger partial charge in [0.2, 0.25) is 29.3 Å². The van der Waals surface area contributed by atoms with Crippen LogP contribution in [0.1, 0.15) is 45.1 Å². The van der Waals surface area contributed by atoms with E-state index in [9.17, 15) is 48.3 Å². The number of benzene rings is 1. The lowest BCUT2D eigenvalue weighted by molar-refractivity contribution is -0.143. The Kier molecular flexibility index (Phi) is 16.4. The summed E-state index contributed by atoms with van der Waals surface area (Å²) in [6.07, 6.45) is -4.29. The van der Waals surface area contributed by atoms with Gasteiger partial charge in [0.1, 0.15) is 30.8 Å². The fourth-order valence-electron chi connectivity index (χ4n) is 3.79. The molecular formula is C28H35ClN4O13. The van der Waals surface area contributed by atoms with E-state index in [1.54, 1.807) is 30.3 Å². The molecule has 18 heteroatoms. The van der Waals surface area contributed by atoms with Crippen molar-refractivity contribution in [3.63, 3.8) is 0 Å². The van der Waals surface area contributed by atoms with E-state index in [1.807, 2.05) is 0 Å². The minimum absolute atomic E-state index is 0.213. The van der Waals surface area contributed by atoms with Gasteiger partial charge in [-0.1, -0.05) is 44.2 Å². The first kappa shape index (κ1) is 39.0. The van der Waals surface area contributed by atoms with E-state index in [0.29, 0.717) is 5.56 Å². The van der Waals surface area contributed by atoms with Crippen molar-refractivity contribution in [1.29, 1.82) is 0 Å². The van der Waals surface area contributed by atoms with Gasteiger partial charge in [-0.15, -0.1) is 11.6 Å². The summed E-state index contributed by atoms with van der Waals surface area (Å²) in [4.78, 5) is 110. The van der Waals surface area contributed by atoms with Crippen molar-refractivity contribution in [1.82, 2.24) is 21.3 Å². The molecule has 0 saturated carbocycles. The lowest BCUT2D eigenvalue weighted by Gasteiger charge is -2.27. The van der Waals surface area contributed by atoms with Crippen LogP contribution in [0.3, 0.4) is 0 Å². The maximum Gasteiger partial charge on any atom is 0.408 e. The quantitative estimate of drug-likeness (QED) is 0.0687. The molecule has 4 amide bonds. The third-order valence-corrected chi connectivity index (χ3v) is 6.38. The molecule has 1 aromatic rings. The van der Waals surface area contributed by atoms with Crippen molar-refractivity contribution in [2.24, 2.45) is 5.92 Å². The normalized spacial score (nSPS) is 13.2. The smallest absolute Gasteiger partial charge is 0.408 e.